The Morgan fingerprint density at radius 3 is 2.58 bits per heavy atom. The Morgan fingerprint density at radius 2 is 1.97 bits per heavy atom. The van der Waals surface area contributed by atoms with Gasteiger partial charge in [0.15, 0.2) is 6.23 Å². The number of esters is 1. The molecule has 1 unspecified atom stereocenters. The Morgan fingerprint density at radius 1 is 1.24 bits per heavy atom. The normalized spacial score (nSPS) is 12.6. The molecule has 1 atom stereocenters. The second-order valence-corrected chi connectivity index (χ2v) is 8.69. The first-order valence-electron chi connectivity index (χ1n) is 9.27. The van der Waals surface area contributed by atoms with Gasteiger partial charge in [-0.3, -0.25) is 10.3 Å². The maximum atomic E-state index is 14.7. The number of pyridine rings is 1. The van der Waals surface area contributed by atoms with E-state index in [2.05, 4.69) is 10.3 Å². The van der Waals surface area contributed by atoms with Gasteiger partial charge >= 0.3 is 11.9 Å². The molecule has 3 rings (SSSR count). The topological polar surface area (TPSA) is 128 Å². The fraction of sp³-hybridized carbons (Fsp3) is 0.0952. The maximum absolute atomic E-state index is 14.7. The van der Waals surface area contributed by atoms with Crippen molar-refractivity contribution in [3.05, 3.63) is 83.5 Å². The summed E-state index contributed by atoms with van der Waals surface area (Å²) in [5.41, 5.74) is -0.291. The van der Waals surface area contributed by atoms with Crippen molar-refractivity contribution in [1.29, 1.82) is 0 Å². The molecule has 1 aromatic carbocycles. The lowest BCUT2D eigenvalue weighted by Gasteiger charge is -2.15. The van der Waals surface area contributed by atoms with Crippen molar-refractivity contribution in [2.45, 2.75) is 11.1 Å². The van der Waals surface area contributed by atoms with E-state index in [4.69, 9.17) is 21.4 Å². The summed E-state index contributed by atoms with van der Waals surface area (Å²) in [5, 5.41) is 11.1. The average molecular weight is 494 g/mol. The van der Waals surface area contributed by atoms with Gasteiger partial charge in [-0.05, 0) is 31.3 Å². The number of aliphatic carboxylic acids is 1. The molecule has 0 spiro atoms. The highest BCUT2D eigenvalue weighted by Gasteiger charge is 2.30. The molecule has 3 aromatic rings. The van der Waals surface area contributed by atoms with Crippen LogP contribution in [-0.4, -0.2) is 41.5 Å². The summed E-state index contributed by atoms with van der Waals surface area (Å²) in [5.74, 6) is -3.11. The number of hydrogen-bond acceptors (Lipinski definition) is 7. The predicted molar refractivity (Wildman–Crippen MR) is 116 cm³/mol. The van der Waals surface area contributed by atoms with Crippen molar-refractivity contribution in [3.8, 4) is 11.3 Å². The summed E-state index contributed by atoms with van der Waals surface area (Å²) in [7, 11) is -2.88. The second-order valence-electron chi connectivity index (χ2n) is 6.49. The minimum absolute atomic E-state index is 0.00181. The van der Waals surface area contributed by atoms with Crippen molar-refractivity contribution in [1.82, 2.24) is 14.3 Å². The highest BCUT2D eigenvalue weighted by molar-refractivity contribution is 7.90. The first kappa shape index (κ1) is 24.1. The van der Waals surface area contributed by atoms with E-state index in [1.54, 1.807) is 0 Å². The summed E-state index contributed by atoms with van der Waals surface area (Å²) in [4.78, 5) is 26.2. The van der Waals surface area contributed by atoms with Crippen molar-refractivity contribution in [2.75, 3.05) is 7.05 Å². The SMILES string of the molecule is CNC(OC(=O)/C=C/C(=O)O)c1cn(S(=O)(=O)c2cccnc2)c(-c2ccccc2F)c1Cl. The molecular formula is C21H17ClFN3O6S. The largest absolute Gasteiger partial charge is 0.478 e. The van der Waals surface area contributed by atoms with Crippen LogP contribution in [0.5, 0.6) is 0 Å². The first-order chi connectivity index (χ1) is 15.7. The molecule has 9 nitrogen and oxygen atoms in total. The molecule has 0 aliphatic carbocycles. The van der Waals surface area contributed by atoms with Crippen LogP contribution < -0.4 is 5.32 Å². The highest BCUT2D eigenvalue weighted by Crippen LogP contribution is 2.39. The van der Waals surface area contributed by atoms with Gasteiger partial charge in [0, 0.05) is 41.9 Å². The lowest BCUT2D eigenvalue weighted by molar-refractivity contribution is -0.145. The molecule has 0 aliphatic rings. The van der Waals surface area contributed by atoms with Crippen LogP contribution >= 0.6 is 11.6 Å². The average Bonchev–Trinajstić information content (AvgIpc) is 3.14. The molecule has 0 aliphatic heterocycles. The number of carboxylic acid groups (broad SMARTS) is 1. The molecule has 12 heteroatoms. The van der Waals surface area contributed by atoms with E-state index >= 15 is 0 Å². The number of carbonyl (C=O) groups is 2. The number of nitrogens with one attached hydrogen (secondary N) is 1. The zero-order valence-corrected chi connectivity index (χ0v) is 18.5. The van der Waals surface area contributed by atoms with Crippen LogP contribution in [0, 0.1) is 5.82 Å². The third-order valence-corrected chi connectivity index (χ3v) is 6.44. The quantitative estimate of drug-likeness (QED) is 0.278. The van der Waals surface area contributed by atoms with E-state index in [9.17, 15) is 22.4 Å². The maximum Gasteiger partial charge on any atom is 0.332 e. The summed E-state index contributed by atoms with van der Waals surface area (Å²) in [6, 6.07) is 8.18. The van der Waals surface area contributed by atoms with E-state index in [1.165, 1.54) is 43.6 Å². The monoisotopic (exact) mass is 493 g/mol. The van der Waals surface area contributed by atoms with Crippen LogP contribution in [0.3, 0.4) is 0 Å². The fourth-order valence-electron chi connectivity index (χ4n) is 2.93. The van der Waals surface area contributed by atoms with Gasteiger partial charge in [-0.1, -0.05) is 23.7 Å². The Balaban J connectivity index is 2.20. The van der Waals surface area contributed by atoms with Crippen LogP contribution in [0.2, 0.25) is 5.02 Å². The summed E-state index contributed by atoms with van der Waals surface area (Å²) in [6.45, 7) is 0. The van der Waals surface area contributed by atoms with E-state index in [1.807, 2.05) is 0 Å². The van der Waals surface area contributed by atoms with Crippen LogP contribution in [0.25, 0.3) is 11.3 Å². The molecule has 0 fully saturated rings. The second kappa shape index (κ2) is 9.94. The smallest absolute Gasteiger partial charge is 0.332 e. The van der Waals surface area contributed by atoms with Gasteiger partial charge in [0.05, 0.1) is 10.7 Å². The Bertz CT molecular complexity index is 1330. The van der Waals surface area contributed by atoms with Crippen molar-refractivity contribution < 1.29 is 32.2 Å². The number of carbonyl (C=O) groups excluding carboxylic acids is 1. The molecule has 0 saturated carbocycles. The van der Waals surface area contributed by atoms with Gasteiger partial charge in [-0.25, -0.2) is 26.4 Å². The third kappa shape index (κ3) is 5.11. The molecule has 2 aromatic heterocycles. The van der Waals surface area contributed by atoms with E-state index in [-0.39, 0.29) is 26.7 Å². The number of ether oxygens (including phenoxy) is 1. The van der Waals surface area contributed by atoms with Crippen LogP contribution in [0.1, 0.15) is 11.8 Å². The Hall–Kier alpha value is -3.54. The minimum Gasteiger partial charge on any atom is -0.478 e. The van der Waals surface area contributed by atoms with Crippen LogP contribution in [0.4, 0.5) is 4.39 Å². The van der Waals surface area contributed by atoms with Gasteiger partial charge in [0.1, 0.15) is 10.7 Å². The van der Waals surface area contributed by atoms with E-state index in [0.29, 0.717) is 12.2 Å². The van der Waals surface area contributed by atoms with E-state index < -0.39 is 34.0 Å². The van der Waals surface area contributed by atoms with Gasteiger partial charge in [0.2, 0.25) is 0 Å². The molecule has 0 amide bonds. The van der Waals surface area contributed by atoms with Crippen LogP contribution in [-0.2, 0) is 24.3 Å². The summed E-state index contributed by atoms with van der Waals surface area (Å²) >= 11 is 6.50. The highest BCUT2D eigenvalue weighted by atomic mass is 35.5. The lowest BCUT2D eigenvalue weighted by Crippen LogP contribution is -2.22. The number of halogens is 2. The van der Waals surface area contributed by atoms with Gasteiger partial charge in [0.25, 0.3) is 10.0 Å². The molecule has 0 saturated heterocycles. The number of carboxylic acids is 1. The Labute approximate surface area is 193 Å². The predicted octanol–water partition coefficient (Wildman–Crippen LogP) is 2.98. The van der Waals surface area contributed by atoms with Gasteiger partial charge in [-0.15, -0.1) is 0 Å². The minimum atomic E-state index is -4.28. The van der Waals surface area contributed by atoms with Crippen molar-refractivity contribution in [2.24, 2.45) is 0 Å². The number of benzene rings is 1. The number of nitrogens with zero attached hydrogens (tertiary/aromatic N) is 2. The molecule has 172 valence electrons. The number of hydrogen-bond donors (Lipinski definition) is 2. The molecule has 2 N–H and O–H groups in total. The fourth-order valence-corrected chi connectivity index (χ4v) is 4.67. The standard InChI is InChI=1S/C21H17ClFN3O6S/c1-24-21(32-18(29)9-8-17(27)28)15-12-26(33(30,31)13-5-4-10-25-11-13)20(19(15)22)14-6-2-3-7-16(14)23/h2-12,21,24H,1H3,(H,27,28)/b9-8+. The number of aromatic nitrogens is 2. The molecular weight excluding hydrogens is 477 g/mol. The summed E-state index contributed by atoms with van der Waals surface area (Å²) in [6.07, 6.45) is 3.61. The number of rotatable bonds is 8. The zero-order chi connectivity index (χ0) is 24.2. The van der Waals surface area contributed by atoms with E-state index in [0.717, 1.165) is 22.4 Å². The van der Waals surface area contributed by atoms with Gasteiger partial charge < -0.3 is 9.84 Å². The lowest BCUT2D eigenvalue weighted by atomic mass is 10.1. The van der Waals surface area contributed by atoms with Gasteiger partial charge in [-0.2, -0.15) is 0 Å². The third-order valence-electron chi connectivity index (χ3n) is 4.40. The molecule has 33 heavy (non-hydrogen) atoms. The van der Waals surface area contributed by atoms with Crippen molar-refractivity contribution >= 4 is 33.6 Å². The van der Waals surface area contributed by atoms with Crippen molar-refractivity contribution in [3.63, 3.8) is 0 Å². The first-order valence-corrected chi connectivity index (χ1v) is 11.1. The Kier molecular flexibility index (Phi) is 7.26. The molecule has 0 radical (unpaired) electrons. The van der Waals surface area contributed by atoms with Crippen LogP contribution in [0.15, 0.2) is 72.0 Å². The molecule has 2 heterocycles. The summed E-state index contributed by atoms with van der Waals surface area (Å²) < 4.78 is 47.3. The molecule has 0 bridgehead atoms. The zero-order valence-electron chi connectivity index (χ0n) is 17.0.